The van der Waals surface area contributed by atoms with E-state index in [0.29, 0.717) is 24.5 Å². The van der Waals surface area contributed by atoms with Gasteiger partial charge in [-0.25, -0.2) is 9.37 Å². The van der Waals surface area contributed by atoms with Crippen molar-refractivity contribution in [1.82, 2.24) is 9.55 Å². The zero-order valence-electron chi connectivity index (χ0n) is 18.7. The highest BCUT2D eigenvalue weighted by molar-refractivity contribution is 5.79. The smallest absolute Gasteiger partial charge is 0.303 e. The molecule has 0 aliphatic carbocycles. The first-order chi connectivity index (χ1) is 16.5. The van der Waals surface area contributed by atoms with Gasteiger partial charge >= 0.3 is 5.97 Å². The van der Waals surface area contributed by atoms with Gasteiger partial charge in [0.05, 0.1) is 22.8 Å². The molecule has 172 valence electrons. The molecule has 2 atom stereocenters. The fraction of sp³-hybridized carbons (Fsp3) is 0.231. The number of imidazole rings is 1. The second-order valence-corrected chi connectivity index (χ2v) is 8.49. The van der Waals surface area contributed by atoms with Crippen molar-refractivity contribution in [2.24, 2.45) is 0 Å². The summed E-state index contributed by atoms with van der Waals surface area (Å²) in [5.41, 5.74) is 5.00. The van der Waals surface area contributed by atoms with E-state index in [0.717, 1.165) is 39.6 Å². The van der Waals surface area contributed by atoms with Crippen LogP contribution >= 0.6 is 0 Å². The second-order valence-electron chi connectivity index (χ2n) is 8.49. The van der Waals surface area contributed by atoms with E-state index >= 15 is 0 Å². The number of fused-ring (bicyclic) bond motifs is 3. The summed E-state index contributed by atoms with van der Waals surface area (Å²) >= 11 is 0. The van der Waals surface area contributed by atoms with Crippen molar-refractivity contribution in [2.45, 2.75) is 26.0 Å². The normalized spacial score (nSPS) is 18.2. The number of aromatic nitrogens is 2. The Morgan fingerprint density at radius 1 is 1.12 bits per heavy atom. The van der Waals surface area contributed by atoms with Crippen LogP contribution in [0.1, 0.15) is 36.0 Å². The Morgan fingerprint density at radius 3 is 2.85 bits per heavy atom. The van der Waals surface area contributed by atoms with Crippen molar-refractivity contribution in [1.29, 1.82) is 0 Å². The summed E-state index contributed by atoms with van der Waals surface area (Å²) in [6, 6.07) is 16.2. The average Bonchev–Trinajstić information content (AvgIpc) is 3.48. The molecule has 8 heteroatoms. The van der Waals surface area contributed by atoms with Crippen LogP contribution in [0.3, 0.4) is 0 Å². The molecular formula is C26H22FN3O4. The van der Waals surface area contributed by atoms with Crippen molar-refractivity contribution < 1.29 is 23.4 Å². The Bertz CT molecular complexity index is 1450. The average molecular weight is 459 g/mol. The standard InChI is InChI=1S/C26H22FN3O4/c1-14-28-20-9-6-16(27)10-23(20)30(14)22-5-3-4-18-21(12-33-26(18)22)29-17-7-8-19-24(11-17)32-13-25(19)34-15(2)31/h3-11,21,25,29H,12-13H2,1-2H3/t21-,25+/m0/s1. The molecule has 6 rings (SSSR count). The van der Waals surface area contributed by atoms with Crippen LogP contribution in [0.4, 0.5) is 10.1 Å². The lowest BCUT2D eigenvalue weighted by molar-refractivity contribution is -0.147. The summed E-state index contributed by atoms with van der Waals surface area (Å²) in [4.78, 5) is 15.9. The predicted octanol–water partition coefficient (Wildman–Crippen LogP) is 5.02. The highest BCUT2D eigenvalue weighted by atomic mass is 19.1. The maximum atomic E-state index is 14.0. The summed E-state index contributed by atoms with van der Waals surface area (Å²) in [7, 11) is 0. The molecule has 0 bridgehead atoms. The molecule has 0 spiro atoms. The van der Waals surface area contributed by atoms with E-state index in [1.807, 2.05) is 47.9 Å². The first-order valence-electron chi connectivity index (χ1n) is 11.1. The highest BCUT2D eigenvalue weighted by Gasteiger charge is 2.30. The molecule has 3 heterocycles. The molecule has 0 unspecified atom stereocenters. The van der Waals surface area contributed by atoms with Crippen LogP contribution in [-0.4, -0.2) is 28.7 Å². The quantitative estimate of drug-likeness (QED) is 0.432. The fourth-order valence-electron chi connectivity index (χ4n) is 4.77. The van der Waals surface area contributed by atoms with E-state index in [1.54, 1.807) is 6.07 Å². The summed E-state index contributed by atoms with van der Waals surface area (Å²) in [5, 5.41) is 3.52. The molecule has 1 aromatic heterocycles. The van der Waals surface area contributed by atoms with E-state index in [9.17, 15) is 9.18 Å². The van der Waals surface area contributed by atoms with Gasteiger partial charge in [-0.1, -0.05) is 12.1 Å². The Hall–Kier alpha value is -4.07. The number of carbonyl (C=O) groups excluding carboxylic acids is 1. The molecule has 0 radical (unpaired) electrons. The Kier molecular flexibility index (Phi) is 4.69. The van der Waals surface area contributed by atoms with E-state index < -0.39 is 0 Å². The third-order valence-corrected chi connectivity index (χ3v) is 6.22. The van der Waals surface area contributed by atoms with Gasteiger partial charge in [-0.3, -0.25) is 9.36 Å². The van der Waals surface area contributed by atoms with E-state index in [2.05, 4.69) is 10.3 Å². The first-order valence-corrected chi connectivity index (χ1v) is 11.1. The van der Waals surface area contributed by atoms with Gasteiger partial charge in [0.1, 0.15) is 36.4 Å². The number of anilines is 1. The summed E-state index contributed by atoms with van der Waals surface area (Å²) < 4.78 is 33.1. The maximum Gasteiger partial charge on any atom is 0.303 e. The van der Waals surface area contributed by atoms with Crippen molar-refractivity contribution >= 4 is 22.7 Å². The summed E-state index contributed by atoms with van der Waals surface area (Å²) in [6.45, 7) is 4.05. The third-order valence-electron chi connectivity index (χ3n) is 6.22. The van der Waals surface area contributed by atoms with Crippen molar-refractivity contribution in [3.63, 3.8) is 0 Å². The van der Waals surface area contributed by atoms with Gasteiger partial charge in [-0.05, 0) is 37.3 Å². The molecule has 4 aromatic rings. The molecular weight excluding hydrogens is 437 g/mol. The molecule has 1 N–H and O–H groups in total. The minimum atomic E-state index is -0.377. The molecule has 0 saturated carbocycles. The van der Waals surface area contributed by atoms with Crippen LogP contribution in [0.5, 0.6) is 11.5 Å². The minimum Gasteiger partial charge on any atom is -0.489 e. The van der Waals surface area contributed by atoms with Crippen LogP contribution in [0.15, 0.2) is 54.6 Å². The highest BCUT2D eigenvalue weighted by Crippen LogP contribution is 2.42. The number of hydrogen-bond donors (Lipinski definition) is 1. The monoisotopic (exact) mass is 459 g/mol. The zero-order valence-corrected chi connectivity index (χ0v) is 18.7. The number of rotatable bonds is 4. The summed E-state index contributed by atoms with van der Waals surface area (Å²) in [6.07, 6.45) is -0.377. The maximum absolute atomic E-state index is 14.0. The number of nitrogens with zero attached hydrogens (tertiary/aromatic N) is 2. The van der Waals surface area contributed by atoms with Gasteiger partial charge in [0.25, 0.3) is 0 Å². The van der Waals surface area contributed by atoms with Crippen LogP contribution < -0.4 is 14.8 Å². The van der Waals surface area contributed by atoms with Crippen LogP contribution in [-0.2, 0) is 9.53 Å². The number of aryl methyl sites for hydroxylation is 1. The van der Waals surface area contributed by atoms with Gasteiger partial charge in [0.2, 0.25) is 0 Å². The fourth-order valence-corrected chi connectivity index (χ4v) is 4.77. The van der Waals surface area contributed by atoms with E-state index in [1.165, 1.54) is 19.1 Å². The lowest BCUT2D eigenvalue weighted by Crippen LogP contribution is -2.12. The number of ether oxygens (including phenoxy) is 3. The number of benzene rings is 3. The van der Waals surface area contributed by atoms with Crippen molar-refractivity contribution in [3.8, 4) is 17.2 Å². The van der Waals surface area contributed by atoms with Gasteiger partial charge in [-0.2, -0.15) is 0 Å². The molecule has 2 aliphatic rings. The van der Waals surface area contributed by atoms with Gasteiger partial charge < -0.3 is 19.5 Å². The number of nitrogens with one attached hydrogen (secondary N) is 1. The van der Waals surface area contributed by atoms with Gasteiger partial charge in [-0.15, -0.1) is 0 Å². The minimum absolute atomic E-state index is 0.0782. The number of esters is 1. The van der Waals surface area contributed by atoms with Crippen LogP contribution in [0, 0.1) is 12.7 Å². The summed E-state index contributed by atoms with van der Waals surface area (Å²) in [5.74, 6) is 1.57. The second kappa shape index (κ2) is 7.76. The SMILES string of the molecule is CC(=O)O[C@@H]1COc2cc(N[C@H]3COc4c3cccc4-n3c(C)nc4ccc(F)cc43)ccc21. The Morgan fingerprint density at radius 2 is 2.00 bits per heavy atom. The third kappa shape index (κ3) is 3.34. The predicted molar refractivity (Wildman–Crippen MR) is 124 cm³/mol. The Labute approximate surface area is 195 Å². The number of para-hydroxylation sites is 1. The molecule has 2 aliphatic heterocycles. The molecule has 7 nitrogen and oxygen atoms in total. The number of hydrogen-bond acceptors (Lipinski definition) is 6. The van der Waals surface area contributed by atoms with Gasteiger partial charge in [0.15, 0.2) is 6.10 Å². The van der Waals surface area contributed by atoms with Gasteiger partial charge in [0, 0.05) is 35.9 Å². The molecule has 0 amide bonds. The molecule has 3 aromatic carbocycles. The van der Waals surface area contributed by atoms with E-state index in [-0.39, 0.29) is 23.9 Å². The zero-order chi connectivity index (χ0) is 23.4. The van der Waals surface area contributed by atoms with E-state index in [4.69, 9.17) is 14.2 Å². The lowest BCUT2D eigenvalue weighted by Gasteiger charge is -2.15. The lowest BCUT2D eigenvalue weighted by atomic mass is 10.1. The van der Waals surface area contributed by atoms with Crippen molar-refractivity contribution in [2.75, 3.05) is 18.5 Å². The largest absolute Gasteiger partial charge is 0.489 e. The molecule has 34 heavy (non-hydrogen) atoms. The first kappa shape index (κ1) is 20.5. The number of carbonyl (C=O) groups is 1. The number of halogens is 1. The topological polar surface area (TPSA) is 74.6 Å². The molecule has 0 fully saturated rings. The van der Waals surface area contributed by atoms with Crippen molar-refractivity contribution in [3.05, 3.63) is 77.4 Å². The van der Waals surface area contributed by atoms with Crippen LogP contribution in [0.2, 0.25) is 0 Å². The van der Waals surface area contributed by atoms with Crippen LogP contribution in [0.25, 0.3) is 16.7 Å². The Balaban J connectivity index is 1.31. The molecule has 0 saturated heterocycles.